The number of hydrogen-bond donors (Lipinski definition) is 1. The van der Waals surface area contributed by atoms with E-state index in [1.54, 1.807) is 6.07 Å². The van der Waals surface area contributed by atoms with E-state index in [1.807, 2.05) is 24.3 Å². The van der Waals surface area contributed by atoms with Crippen molar-refractivity contribution in [1.29, 1.82) is 0 Å². The zero-order chi connectivity index (χ0) is 13.7. The van der Waals surface area contributed by atoms with Crippen LogP contribution in [0.25, 0.3) is 0 Å². The minimum Gasteiger partial charge on any atom is -0.492 e. The average molecular weight is 345 g/mol. The number of rotatable bonds is 5. The van der Waals surface area contributed by atoms with Crippen LogP contribution in [0.3, 0.4) is 0 Å². The Morgan fingerprint density at radius 1 is 1.16 bits per heavy atom. The second kappa shape index (κ2) is 6.78. The second-order valence-corrected chi connectivity index (χ2v) is 5.18. The molecule has 2 nitrogen and oxygen atoms in total. The van der Waals surface area contributed by atoms with Crippen molar-refractivity contribution in [1.82, 2.24) is 0 Å². The van der Waals surface area contributed by atoms with Crippen LogP contribution in [0, 0.1) is 5.82 Å². The van der Waals surface area contributed by atoms with Crippen LogP contribution in [-0.2, 0) is 0 Å². The number of halogens is 3. The summed E-state index contributed by atoms with van der Waals surface area (Å²) in [6.07, 6.45) is 0. The SMILES string of the molecule is Fc1ccc(NCCOc2ccc(Br)cc2)c(Cl)c1. The number of benzene rings is 2. The highest BCUT2D eigenvalue weighted by Crippen LogP contribution is 2.22. The Kier molecular flexibility index (Phi) is 5.05. The van der Waals surface area contributed by atoms with Gasteiger partial charge in [0, 0.05) is 11.0 Å². The first kappa shape index (κ1) is 14.2. The van der Waals surface area contributed by atoms with Gasteiger partial charge in [-0.05, 0) is 42.5 Å². The second-order valence-electron chi connectivity index (χ2n) is 3.85. The molecule has 0 aliphatic carbocycles. The van der Waals surface area contributed by atoms with Gasteiger partial charge in [-0.3, -0.25) is 0 Å². The number of ether oxygens (including phenoxy) is 1. The first-order chi connectivity index (χ1) is 9.15. The maximum Gasteiger partial charge on any atom is 0.124 e. The largest absolute Gasteiger partial charge is 0.492 e. The molecule has 2 aromatic carbocycles. The van der Waals surface area contributed by atoms with Crippen LogP contribution in [0.4, 0.5) is 10.1 Å². The summed E-state index contributed by atoms with van der Waals surface area (Å²) in [5.74, 6) is 0.455. The summed E-state index contributed by atoms with van der Waals surface area (Å²) in [7, 11) is 0. The predicted molar refractivity (Wildman–Crippen MR) is 79.5 cm³/mol. The lowest BCUT2D eigenvalue weighted by Gasteiger charge is -2.10. The molecule has 0 aromatic heterocycles. The monoisotopic (exact) mass is 343 g/mol. The standard InChI is InChI=1S/C14H12BrClFNO/c15-10-1-4-12(5-2-10)19-8-7-18-14-6-3-11(17)9-13(14)16/h1-6,9,18H,7-8H2. The van der Waals surface area contributed by atoms with Crippen molar-refractivity contribution in [3.05, 3.63) is 57.8 Å². The molecule has 0 amide bonds. The molecule has 2 aromatic rings. The summed E-state index contributed by atoms with van der Waals surface area (Å²) in [4.78, 5) is 0. The van der Waals surface area contributed by atoms with E-state index in [1.165, 1.54) is 12.1 Å². The van der Waals surface area contributed by atoms with Gasteiger partial charge < -0.3 is 10.1 Å². The summed E-state index contributed by atoms with van der Waals surface area (Å²) < 4.78 is 19.4. The third kappa shape index (κ3) is 4.40. The Bertz CT molecular complexity index is 548. The van der Waals surface area contributed by atoms with E-state index in [0.717, 1.165) is 10.2 Å². The van der Waals surface area contributed by atoms with Gasteiger partial charge in [0.05, 0.1) is 10.7 Å². The molecule has 0 fully saturated rings. The van der Waals surface area contributed by atoms with E-state index in [4.69, 9.17) is 16.3 Å². The van der Waals surface area contributed by atoms with E-state index in [9.17, 15) is 4.39 Å². The summed E-state index contributed by atoms with van der Waals surface area (Å²) >= 11 is 9.25. The van der Waals surface area contributed by atoms with Gasteiger partial charge in [-0.15, -0.1) is 0 Å². The molecule has 0 atom stereocenters. The van der Waals surface area contributed by atoms with Crippen molar-refractivity contribution in [3.8, 4) is 5.75 Å². The molecule has 19 heavy (non-hydrogen) atoms. The fourth-order valence-electron chi connectivity index (χ4n) is 1.52. The van der Waals surface area contributed by atoms with Crippen molar-refractivity contribution >= 4 is 33.2 Å². The average Bonchev–Trinajstić information content (AvgIpc) is 2.39. The van der Waals surface area contributed by atoms with Gasteiger partial charge in [0.15, 0.2) is 0 Å². The van der Waals surface area contributed by atoms with E-state index >= 15 is 0 Å². The molecule has 0 heterocycles. The number of hydrogen-bond acceptors (Lipinski definition) is 2. The Morgan fingerprint density at radius 3 is 2.58 bits per heavy atom. The van der Waals surface area contributed by atoms with Gasteiger partial charge in [-0.2, -0.15) is 0 Å². The van der Waals surface area contributed by atoms with Gasteiger partial charge in [-0.1, -0.05) is 27.5 Å². The molecule has 0 radical (unpaired) electrons. The zero-order valence-corrected chi connectivity index (χ0v) is 12.3. The first-order valence-electron chi connectivity index (χ1n) is 5.72. The van der Waals surface area contributed by atoms with Gasteiger partial charge >= 0.3 is 0 Å². The molecule has 1 N–H and O–H groups in total. The first-order valence-corrected chi connectivity index (χ1v) is 6.89. The van der Waals surface area contributed by atoms with Crippen LogP contribution in [-0.4, -0.2) is 13.2 Å². The van der Waals surface area contributed by atoms with Crippen LogP contribution >= 0.6 is 27.5 Å². The molecular weight excluding hydrogens is 333 g/mol. The highest BCUT2D eigenvalue weighted by Gasteiger charge is 2.01. The fraction of sp³-hybridized carbons (Fsp3) is 0.143. The molecule has 0 spiro atoms. The lowest BCUT2D eigenvalue weighted by atomic mass is 10.3. The third-order valence-electron chi connectivity index (χ3n) is 2.43. The zero-order valence-electron chi connectivity index (χ0n) is 10.00. The highest BCUT2D eigenvalue weighted by atomic mass is 79.9. The molecule has 0 aliphatic heterocycles. The Labute approximate surface area is 124 Å². The van der Waals surface area contributed by atoms with Crippen molar-refractivity contribution in [3.63, 3.8) is 0 Å². The number of nitrogens with one attached hydrogen (secondary N) is 1. The van der Waals surface area contributed by atoms with Crippen molar-refractivity contribution in [2.24, 2.45) is 0 Å². The van der Waals surface area contributed by atoms with Crippen molar-refractivity contribution in [2.45, 2.75) is 0 Å². The van der Waals surface area contributed by atoms with E-state index in [0.29, 0.717) is 23.9 Å². The van der Waals surface area contributed by atoms with E-state index in [2.05, 4.69) is 21.2 Å². The Hall–Kier alpha value is -1.26. The van der Waals surface area contributed by atoms with Crippen LogP contribution in [0.5, 0.6) is 5.75 Å². The van der Waals surface area contributed by atoms with Crippen molar-refractivity contribution < 1.29 is 9.13 Å². The normalized spacial score (nSPS) is 10.3. The van der Waals surface area contributed by atoms with E-state index < -0.39 is 0 Å². The molecule has 0 saturated heterocycles. The molecule has 0 bridgehead atoms. The van der Waals surface area contributed by atoms with E-state index in [-0.39, 0.29) is 5.82 Å². The van der Waals surface area contributed by atoms with Crippen molar-refractivity contribution in [2.75, 3.05) is 18.5 Å². The minimum absolute atomic E-state index is 0.346. The van der Waals surface area contributed by atoms with Crippen LogP contribution in [0.1, 0.15) is 0 Å². The smallest absolute Gasteiger partial charge is 0.124 e. The van der Waals surface area contributed by atoms with Crippen LogP contribution < -0.4 is 10.1 Å². The Morgan fingerprint density at radius 2 is 1.89 bits per heavy atom. The molecule has 0 saturated carbocycles. The summed E-state index contributed by atoms with van der Waals surface area (Å²) in [6, 6.07) is 11.9. The topological polar surface area (TPSA) is 21.3 Å². The molecule has 0 unspecified atom stereocenters. The fourth-order valence-corrected chi connectivity index (χ4v) is 2.02. The minimum atomic E-state index is -0.346. The summed E-state index contributed by atoms with van der Waals surface area (Å²) in [5, 5.41) is 3.45. The van der Waals surface area contributed by atoms with Gasteiger partial charge in [0.1, 0.15) is 18.2 Å². The molecule has 0 aliphatic rings. The maximum absolute atomic E-state index is 12.8. The Balaban J connectivity index is 1.79. The summed E-state index contributed by atoms with van der Waals surface area (Å²) in [6.45, 7) is 1.08. The maximum atomic E-state index is 12.8. The molecule has 100 valence electrons. The lowest BCUT2D eigenvalue weighted by Crippen LogP contribution is -2.11. The van der Waals surface area contributed by atoms with Gasteiger partial charge in [-0.25, -0.2) is 4.39 Å². The summed E-state index contributed by atoms with van der Waals surface area (Å²) in [5.41, 5.74) is 0.697. The lowest BCUT2D eigenvalue weighted by molar-refractivity contribution is 0.333. The van der Waals surface area contributed by atoms with Crippen LogP contribution in [0.15, 0.2) is 46.9 Å². The van der Waals surface area contributed by atoms with Gasteiger partial charge in [0.25, 0.3) is 0 Å². The molecule has 2 rings (SSSR count). The number of anilines is 1. The predicted octanol–water partition coefficient (Wildman–Crippen LogP) is 4.73. The van der Waals surface area contributed by atoms with Crippen LogP contribution in [0.2, 0.25) is 5.02 Å². The highest BCUT2D eigenvalue weighted by molar-refractivity contribution is 9.10. The third-order valence-corrected chi connectivity index (χ3v) is 3.27. The van der Waals surface area contributed by atoms with Gasteiger partial charge in [0.2, 0.25) is 0 Å². The quantitative estimate of drug-likeness (QED) is 0.792. The molecule has 5 heteroatoms. The molecular formula is C14H12BrClFNO.